The predicted molar refractivity (Wildman–Crippen MR) is 69.0 cm³/mol. The van der Waals surface area contributed by atoms with Gasteiger partial charge in [0.2, 0.25) is 0 Å². The van der Waals surface area contributed by atoms with Crippen molar-refractivity contribution < 1.29 is 0 Å². The fourth-order valence-electron chi connectivity index (χ4n) is 1.83. The summed E-state index contributed by atoms with van der Waals surface area (Å²) in [6.07, 6.45) is 9.31. The minimum Gasteiger partial charge on any atom is -0.396 e. The summed E-state index contributed by atoms with van der Waals surface area (Å²) in [5.41, 5.74) is 9.68. The van der Waals surface area contributed by atoms with Crippen LogP contribution in [-0.4, -0.2) is 26.1 Å². The molecule has 3 N–H and O–H groups in total. The number of nitrogens with two attached hydrogens (primary N) is 1. The molecule has 0 aliphatic rings. The van der Waals surface area contributed by atoms with Gasteiger partial charge < -0.3 is 5.73 Å². The van der Waals surface area contributed by atoms with Gasteiger partial charge in [0, 0.05) is 28.4 Å². The lowest BCUT2D eigenvalue weighted by atomic mass is 10.1. The molecule has 0 radical (unpaired) electrons. The van der Waals surface area contributed by atoms with E-state index in [0.29, 0.717) is 5.69 Å². The van der Waals surface area contributed by atoms with E-state index in [1.807, 2.05) is 23.2 Å². The number of fused-ring (bicyclic) bond motifs is 1. The van der Waals surface area contributed by atoms with Crippen LogP contribution in [-0.2, 0) is 0 Å². The maximum atomic E-state index is 5.91. The third-order valence-electron chi connectivity index (χ3n) is 2.66. The Labute approximate surface area is 102 Å². The van der Waals surface area contributed by atoms with Crippen LogP contribution in [0.5, 0.6) is 0 Å². The molecular formula is C11H11N5S. The molecule has 3 aromatic rings. The molecule has 3 heterocycles. The van der Waals surface area contributed by atoms with Crippen molar-refractivity contribution in [3.8, 4) is 11.1 Å². The highest BCUT2D eigenvalue weighted by molar-refractivity contribution is 7.98. The summed E-state index contributed by atoms with van der Waals surface area (Å²) in [7, 11) is 0. The van der Waals surface area contributed by atoms with Gasteiger partial charge in [-0.25, -0.2) is 4.52 Å². The van der Waals surface area contributed by atoms with Crippen molar-refractivity contribution in [1.29, 1.82) is 0 Å². The van der Waals surface area contributed by atoms with Crippen LogP contribution in [0.3, 0.4) is 0 Å². The van der Waals surface area contributed by atoms with E-state index in [-0.39, 0.29) is 0 Å². The molecule has 0 fully saturated rings. The standard InChI is InChI=1S/C11H11N5S/c1-17-10-2-7(8-3-13-14-4-8)6-16-11(10)9(12)5-15-16/h2-6H,12H2,1H3,(H,13,14). The SMILES string of the molecule is CSc1cc(-c2cn[nH]c2)cn2ncc(N)c12. The summed E-state index contributed by atoms with van der Waals surface area (Å²) < 4.78 is 1.81. The average molecular weight is 245 g/mol. The third-order valence-corrected chi connectivity index (χ3v) is 3.41. The van der Waals surface area contributed by atoms with Gasteiger partial charge in [0.1, 0.15) is 5.52 Å². The topological polar surface area (TPSA) is 72.0 Å². The number of pyridine rings is 1. The Hall–Kier alpha value is -1.95. The lowest BCUT2D eigenvalue weighted by Crippen LogP contribution is -1.92. The molecule has 0 spiro atoms. The largest absolute Gasteiger partial charge is 0.396 e. The van der Waals surface area contributed by atoms with Gasteiger partial charge in [-0.2, -0.15) is 10.2 Å². The number of hydrogen-bond acceptors (Lipinski definition) is 4. The van der Waals surface area contributed by atoms with Crippen LogP contribution in [0.1, 0.15) is 0 Å². The number of nitrogen functional groups attached to an aromatic ring is 1. The van der Waals surface area contributed by atoms with E-state index in [0.717, 1.165) is 21.5 Å². The Morgan fingerprint density at radius 1 is 1.35 bits per heavy atom. The van der Waals surface area contributed by atoms with Gasteiger partial charge in [-0.05, 0) is 12.3 Å². The van der Waals surface area contributed by atoms with Gasteiger partial charge in [-0.1, -0.05) is 0 Å². The molecule has 86 valence electrons. The van der Waals surface area contributed by atoms with Gasteiger partial charge in [0.15, 0.2) is 0 Å². The van der Waals surface area contributed by atoms with E-state index in [2.05, 4.69) is 21.4 Å². The van der Waals surface area contributed by atoms with Crippen LogP contribution in [0.2, 0.25) is 0 Å². The van der Waals surface area contributed by atoms with Crippen LogP contribution in [0.25, 0.3) is 16.6 Å². The van der Waals surface area contributed by atoms with Crippen LogP contribution >= 0.6 is 11.8 Å². The molecule has 0 saturated heterocycles. The summed E-state index contributed by atoms with van der Waals surface area (Å²) in [4.78, 5) is 1.11. The van der Waals surface area contributed by atoms with Crippen LogP contribution in [0.4, 0.5) is 5.69 Å². The molecule has 0 amide bonds. The highest BCUT2D eigenvalue weighted by Gasteiger charge is 2.09. The summed E-state index contributed by atoms with van der Waals surface area (Å²) in [5.74, 6) is 0. The van der Waals surface area contributed by atoms with Gasteiger partial charge in [-0.15, -0.1) is 11.8 Å². The van der Waals surface area contributed by atoms with Crippen molar-refractivity contribution in [3.05, 3.63) is 30.9 Å². The normalized spacial score (nSPS) is 11.1. The number of hydrogen-bond donors (Lipinski definition) is 2. The number of nitrogens with one attached hydrogen (secondary N) is 1. The second-order valence-corrected chi connectivity index (χ2v) is 4.53. The predicted octanol–water partition coefficient (Wildman–Crippen LogP) is 2.03. The molecule has 5 nitrogen and oxygen atoms in total. The molecule has 6 heteroatoms. The quantitative estimate of drug-likeness (QED) is 0.678. The fourth-order valence-corrected chi connectivity index (χ4v) is 2.48. The zero-order valence-electron chi connectivity index (χ0n) is 9.21. The Morgan fingerprint density at radius 2 is 2.24 bits per heavy atom. The first-order valence-electron chi connectivity index (χ1n) is 5.09. The van der Waals surface area contributed by atoms with E-state index in [9.17, 15) is 0 Å². The first-order chi connectivity index (χ1) is 8.29. The lowest BCUT2D eigenvalue weighted by Gasteiger charge is -2.05. The summed E-state index contributed by atoms with van der Waals surface area (Å²) >= 11 is 1.66. The van der Waals surface area contributed by atoms with Crippen molar-refractivity contribution in [2.45, 2.75) is 4.90 Å². The number of anilines is 1. The number of nitrogens with zero attached hydrogens (tertiary/aromatic N) is 3. The maximum Gasteiger partial charge on any atom is 0.103 e. The maximum absolute atomic E-state index is 5.91. The monoisotopic (exact) mass is 245 g/mol. The minimum atomic E-state index is 0.702. The zero-order chi connectivity index (χ0) is 11.8. The van der Waals surface area contributed by atoms with Gasteiger partial charge in [0.05, 0.1) is 18.1 Å². The number of H-pyrrole nitrogens is 1. The molecule has 0 aliphatic carbocycles. The van der Waals surface area contributed by atoms with Gasteiger partial charge in [0.25, 0.3) is 0 Å². The zero-order valence-corrected chi connectivity index (χ0v) is 10.0. The number of thioether (sulfide) groups is 1. The van der Waals surface area contributed by atoms with Crippen LogP contribution in [0, 0.1) is 0 Å². The van der Waals surface area contributed by atoms with Crippen molar-refractivity contribution >= 4 is 23.0 Å². The molecule has 0 aliphatic heterocycles. The first kappa shape index (κ1) is 10.2. The van der Waals surface area contributed by atoms with Crippen LogP contribution in [0.15, 0.2) is 35.7 Å². The summed E-state index contributed by atoms with van der Waals surface area (Å²) in [6.45, 7) is 0. The van der Waals surface area contributed by atoms with E-state index in [1.165, 1.54) is 0 Å². The molecule has 0 atom stereocenters. The summed E-state index contributed by atoms with van der Waals surface area (Å²) in [6, 6.07) is 2.10. The van der Waals surface area contributed by atoms with E-state index in [1.54, 1.807) is 24.2 Å². The smallest absolute Gasteiger partial charge is 0.103 e. The molecule has 0 saturated carbocycles. The van der Waals surface area contributed by atoms with E-state index in [4.69, 9.17) is 5.73 Å². The third kappa shape index (κ3) is 1.57. The second-order valence-electron chi connectivity index (χ2n) is 3.68. The molecule has 0 bridgehead atoms. The van der Waals surface area contributed by atoms with E-state index < -0.39 is 0 Å². The van der Waals surface area contributed by atoms with Crippen molar-refractivity contribution in [2.24, 2.45) is 0 Å². The number of aromatic amines is 1. The molecule has 0 aromatic carbocycles. The molecule has 3 aromatic heterocycles. The highest BCUT2D eigenvalue weighted by Crippen LogP contribution is 2.30. The van der Waals surface area contributed by atoms with Crippen LogP contribution < -0.4 is 5.73 Å². The van der Waals surface area contributed by atoms with Gasteiger partial charge >= 0.3 is 0 Å². The fraction of sp³-hybridized carbons (Fsp3) is 0.0909. The van der Waals surface area contributed by atoms with Gasteiger partial charge in [-0.3, -0.25) is 5.10 Å². The van der Waals surface area contributed by atoms with Crippen molar-refractivity contribution in [1.82, 2.24) is 19.8 Å². The Balaban J connectivity index is 2.29. The Bertz CT molecular complexity index is 656. The Morgan fingerprint density at radius 3 is 2.94 bits per heavy atom. The number of aromatic nitrogens is 4. The molecule has 0 unspecified atom stereocenters. The molecule has 3 rings (SSSR count). The molecule has 17 heavy (non-hydrogen) atoms. The Kier molecular flexibility index (Phi) is 2.29. The first-order valence-corrected chi connectivity index (χ1v) is 6.32. The van der Waals surface area contributed by atoms with E-state index >= 15 is 0 Å². The average Bonchev–Trinajstić information content (AvgIpc) is 2.98. The second kappa shape index (κ2) is 3.81. The lowest BCUT2D eigenvalue weighted by molar-refractivity contribution is 0.951. The van der Waals surface area contributed by atoms with Crippen molar-refractivity contribution in [3.63, 3.8) is 0 Å². The van der Waals surface area contributed by atoms with Crippen molar-refractivity contribution in [2.75, 3.05) is 12.0 Å². The molecular weight excluding hydrogens is 234 g/mol. The minimum absolute atomic E-state index is 0.702. The summed E-state index contributed by atoms with van der Waals surface area (Å²) in [5, 5.41) is 11.0. The number of rotatable bonds is 2. The highest BCUT2D eigenvalue weighted by atomic mass is 32.2.